The number of hydrogen-bond donors (Lipinski definition) is 2. The molecule has 0 spiro atoms. The fourth-order valence-electron chi connectivity index (χ4n) is 2.32. The molecule has 3 nitrogen and oxygen atoms in total. The highest BCUT2D eigenvalue weighted by molar-refractivity contribution is 5.63. The number of rotatable bonds is 5. The van der Waals surface area contributed by atoms with Gasteiger partial charge >= 0.3 is 0 Å². The molecular weight excluding hydrogens is 248 g/mol. The molecule has 0 unspecified atom stereocenters. The van der Waals surface area contributed by atoms with Crippen LogP contribution in [0.15, 0.2) is 35.1 Å². The first-order valence-electron chi connectivity index (χ1n) is 7.12. The van der Waals surface area contributed by atoms with E-state index in [-0.39, 0.29) is 5.56 Å². The van der Waals surface area contributed by atoms with Crippen LogP contribution in [-0.2, 0) is 6.54 Å². The van der Waals surface area contributed by atoms with Crippen molar-refractivity contribution in [3.05, 3.63) is 57.4 Å². The van der Waals surface area contributed by atoms with Gasteiger partial charge in [0.2, 0.25) is 0 Å². The second-order valence-electron chi connectivity index (χ2n) is 5.22. The first-order chi connectivity index (χ1) is 9.61. The van der Waals surface area contributed by atoms with Crippen molar-refractivity contribution in [1.82, 2.24) is 10.3 Å². The lowest BCUT2D eigenvalue weighted by atomic mass is 10.0. The van der Waals surface area contributed by atoms with Crippen LogP contribution >= 0.6 is 0 Å². The molecule has 0 atom stereocenters. The normalized spacial score (nSPS) is 10.8. The summed E-state index contributed by atoms with van der Waals surface area (Å²) >= 11 is 0. The first kappa shape index (κ1) is 14.5. The fourth-order valence-corrected chi connectivity index (χ4v) is 2.32. The molecule has 0 bridgehead atoms. The van der Waals surface area contributed by atoms with Gasteiger partial charge in [0, 0.05) is 23.4 Å². The largest absolute Gasteiger partial charge is 0.322 e. The Morgan fingerprint density at radius 3 is 2.60 bits per heavy atom. The maximum absolute atomic E-state index is 12.1. The number of nitrogens with one attached hydrogen (secondary N) is 2. The van der Waals surface area contributed by atoms with Crippen molar-refractivity contribution in [2.45, 2.75) is 33.7 Å². The molecule has 1 aromatic carbocycles. The molecule has 2 rings (SSSR count). The summed E-state index contributed by atoms with van der Waals surface area (Å²) in [6.07, 6.45) is 1.07. The van der Waals surface area contributed by atoms with Gasteiger partial charge in [0.05, 0.1) is 0 Å². The summed E-state index contributed by atoms with van der Waals surface area (Å²) in [5.41, 5.74) is 5.15. The van der Waals surface area contributed by atoms with E-state index in [2.05, 4.69) is 49.3 Å². The topological polar surface area (TPSA) is 44.9 Å². The summed E-state index contributed by atoms with van der Waals surface area (Å²) in [7, 11) is 0. The van der Waals surface area contributed by atoms with Crippen molar-refractivity contribution in [2.75, 3.05) is 6.54 Å². The molecule has 2 N–H and O–H groups in total. The SMILES string of the molecule is CCCNCc1ccc(-c2ccc(C)cc2C)[nH]c1=O. The Kier molecular flexibility index (Phi) is 4.74. The molecule has 2 aromatic rings. The molecule has 106 valence electrons. The maximum Gasteiger partial charge on any atom is 0.252 e. The molecule has 0 amide bonds. The average molecular weight is 270 g/mol. The van der Waals surface area contributed by atoms with E-state index < -0.39 is 0 Å². The van der Waals surface area contributed by atoms with Gasteiger partial charge in [0.25, 0.3) is 5.56 Å². The second kappa shape index (κ2) is 6.53. The highest BCUT2D eigenvalue weighted by atomic mass is 16.1. The number of hydrogen-bond acceptors (Lipinski definition) is 2. The van der Waals surface area contributed by atoms with E-state index in [0.29, 0.717) is 6.54 Å². The highest BCUT2D eigenvalue weighted by Crippen LogP contribution is 2.21. The molecule has 0 saturated heterocycles. The van der Waals surface area contributed by atoms with Gasteiger partial charge < -0.3 is 10.3 Å². The van der Waals surface area contributed by atoms with E-state index in [1.54, 1.807) is 0 Å². The zero-order valence-corrected chi connectivity index (χ0v) is 12.4. The zero-order valence-electron chi connectivity index (χ0n) is 12.4. The first-order valence-corrected chi connectivity index (χ1v) is 7.12. The van der Waals surface area contributed by atoms with Crippen LogP contribution in [-0.4, -0.2) is 11.5 Å². The van der Waals surface area contributed by atoms with E-state index in [1.165, 1.54) is 11.1 Å². The Morgan fingerprint density at radius 1 is 1.15 bits per heavy atom. The number of benzene rings is 1. The number of pyridine rings is 1. The van der Waals surface area contributed by atoms with E-state index in [4.69, 9.17) is 0 Å². The third kappa shape index (κ3) is 3.36. The van der Waals surface area contributed by atoms with Crippen LogP contribution in [0, 0.1) is 13.8 Å². The molecule has 1 aromatic heterocycles. The lowest BCUT2D eigenvalue weighted by molar-refractivity contribution is 0.671. The van der Waals surface area contributed by atoms with Crippen molar-refractivity contribution >= 4 is 0 Å². The standard InChI is InChI=1S/C17H22N2O/c1-4-9-18-11-14-6-8-16(19-17(14)20)15-7-5-12(2)10-13(15)3/h5-8,10,18H,4,9,11H2,1-3H3,(H,19,20). The molecule has 0 fully saturated rings. The van der Waals surface area contributed by atoms with Crippen molar-refractivity contribution in [3.63, 3.8) is 0 Å². The van der Waals surface area contributed by atoms with E-state index >= 15 is 0 Å². The Labute approximate surface area is 120 Å². The van der Waals surface area contributed by atoms with Gasteiger partial charge in [0.1, 0.15) is 0 Å². The predicted octanol–water partition coefficient (Wildman–Crippen LogP) is 3.16. The van der Waals surface area contributed by atoms with Gasteiger partial charge in [-0.15, -0.1) is 0 Å². The van der Waals surface area contributed by atoms with Crippen molar-refractivity contribution < 1.29 is 0 Å². The summed E-state index contributed by atoms with van der Waals surface area (Å²) < 4.78 is 0. The third-order valence-electron chi connectivity index (χ3n) is 3.41. The Morgan fingerprint density at radius 2 is 1.95 bits per heavy atom. The molecule has 0 saturated carbocycles. The molecular formula is C17H22N2O. The third-order valence-corrected chi connectivity index (χ3v) is 3.41. The minimum Gasteiger partial charge on any atom is -0.322 e. The van der Waals surface area contributed by atoms with Crippen LogP contribution in [0.4, 0.5) is 0 Å². The molecule has 3 heteroatoms. The Hall–Kier alpha value is -1.87. The smallest absolute Gasteiger partial charge is 0.252 e. The van der Waals surface area contributed by atoms with Crippen LogP contribution in [0.2, 0.25) is 0 Å². The van der Waals surface area contributed by atoms with Crippen LogP contribution in [0.3, 0.4) is 0 Å². The number of aromatic nitrogens is 1. The number of H-pyrrole nitrogens is 1. The van der Waals surface area contributed by atoms with Crippen LogP contribution in [0.1, 0.15) is 30.0 Å². The van der Waals surface area contributed by atoms with Gasteiger partial charge in [-0.2, -0.15) is 0 Å². The minimum absolute atomic E-state index is 0.00826. The molecule has 0 aliphatic carbocycles. The van der Waals surface area contributed by atoms with Crippen LogP contribution < -0.4 is 10.9 Å². The fraction of sp³-hybridized carbons (Fsp3) is 0.353. The van der Waals surface area contributed by atoms with E-state index in [1.807, 2.05) is 12.1 Å². The van der Waals surface area contributed by atoms with E-state index in [0.717, 1.165) is 29.8 Å². The highest BCUT2D eigenvalue weighted by Gasteiger charge is 2.05. The summed E-state index contributed by atoms with van der Waals surface area (Å²) in [5.74, 6) is 0. The van der Waals surface area contributed by atoms with Crippen molar-refractivity contribution in [2.24, 2.45) is 0 Å². The van der Waals surface area contributed by atoms with Gasteiger partial charge in [-0.3, -0.25) is 4.79 Å². The molecule has 0 aliphatic heterocycles. The monoisotopic (exact) mass is 270 g/mol. The van der Waals surface area contributed by atoms with Crippen molar-refractivity contribution in [3.8, 4) is 11.3 Å². The van der Waals surface area contributed by atoms with E-state index in [9.17, 15) is 4.79 Å². The van der Waals surface area contributed by atoms with Gasteiger partial charge in [-0.05, 0) is 38.4 Å². The summed E-state index contributed by atoms with van der Waals surface area (Å²) in [6, 6.07) is 10.2. The Bertz CT molecular complexity index is 644. The average Bonchev–Trinajstić information content (AvgIpc) is 2.41. The van der Waals surface area contributed by atoms with Gasteiger partial charge in [-0.1, -0.05) is 36.8 Å². The molecule has 20 heavy (non-hydrogen) atoms. The van der Waals surface area contributed by atoms with Gasteiger partial charge in [-0.25, -0.2) is 0 Å². The predicted molar refractivity (Wildman–Crippen MR) is 84.0 cm³/mol. The van der Waals surface area contributed by atoms with Gasteiger partial charge in [0.15, 0.2) is 0 Å². The second-order valence-corrected chi connectivity index (χ2v) is 5.22. The summed E-state index contributed by atoms with van der Waals surface area (Å²) in [6.45, 7) is 7.80. The quantitative estimate of drug-likeness (QED) is 0.820. The minimum atomic E-state index is -0.00826. The summed E-state index contributed by atoms with van der Waals surface area (Å²) in [5, 5.41) is 3.25. The number of aromatic amines is 1. The lowest BCUT2D eigenvalue weighted by Gasteiger charge is -2.08. The van der Waals surface area contributed by atoms with Crippen LogP contribution in [0.25, 0.3) is 11.3 Å². The Balaban J connectivity index is 2.26. The number of aryl methyl sites for hydroxylation is 2. The molecule has 0 radical (unpaired) electrons. The molecule has 1 heterocycles. The maximum atomic E-state index is 12.1. The lowest BCUT2D eigenvalue weighted by Crippen LogP contribution is -2.21. The van der Waals surface area contributed by atoms with Crippen molar-refractivity contribution in [1.29, 1.82) is 0 Å². The molecule has 0 aliphatic rings. The zero-order chi connectivity index (χ0) is 14.5. The van der Waals surface area contributed by atoms with Crippen LogP contribution in [0.5, 0.6) is 0 Å². The summed E-state index contributed by atoms with van der Waals surface area (Å²) in [4.78, 5) is 15.1.